The van der Waals surface area contributed by atoms with Crippen LogP contribution < -0.4 is 0 Å². The van der Waals surface area contributed by atoms with E-state index in [4.69, 9.17) is 16.1 Å². The lowest BCUT2D eigenvalue weighted by atomic mass is 10.1. The Bertz CT molecular complexity index is 504. The summed E-state index contributed by atoms with van der Waals surface area (Å²) in [5.74, 6) is -0.529. The average molecular weight is 238 g/mol. The normalized spacial score (nSPS) is 10.1. The maximum atomic E-state index is 11.4. The van der Waals surface area contributed by atoms with Crippen molar-refractivity contribution in [1.82, 2.24) is 5.16 Å². The molecule has 16 heavy (non-hydrogen) atoms. The molecule has 0 aliphatic rings. The van der Waals surface area contributed by atoms with Crippen molar-refractivity contribution >= 4 is 17.6 Å². The summed E-state index contributed by atoms with van der Waals surface area (Å²) in [5, 5.41) is 4.23. The molecule has 0 N–H and O–H groups in total. The van der Waals surface area contributed by atoms with Crippen LogP contribution in [0.5, 0.6) is 0 Å². The molecule has 1 heterocycles. The lowest BCUT2D eigenvalue weighted by Crippen LogP contribution is -2.03. The van der Waals surface area contributed by atoms with Gasteiger partial charge in [-0.1, -0.05) is 28.9 Å². The largest absolute Gasteiger partial charge is 0.464 e. The zero-order valence-corrected chi connectivity index (χ0v) is 9.19. The highest BCUT2D eigenvalue weighted by Crippen LogP contribution is 2.24. The molecule has 2 rings (SSSR count). The Morgan fingerprint density at radius 2 is 2.06 bits per heavy atom. The summed E-state index contributed by atoms with van der Waals surface area (Å²) < 4.78 is 9.36. The first-order valence-electron chi connectivity index (χ1n) is 4.51. The molecule has 0 saturated carbocycles. The van der Waals surface area contributed by atoms with Crippen LogP contribution in [0.15, 0.2) is 35.1 Å². The van der Waals surface area contributed by atoms with Crippen molar-refractivity contribution < 1.29 is 14.1 Å². The van der Waals surface area contributed by atoms with Gasteiger partial charge in [0.1, 0.15) is 6.26 Å². The van der Waals surface area contributed by atoms with Gasteiger partial charge in [0.15, 0.2) is 5.69 Å². The zero-order valence-electron chi connectivity index (χ0n) is 8.44. The number of halogens is 1. The van der Waals surface area contributed by atoms with E-state index in [2.05, 4.69) is 9.89 Å². The quantitative estimate of drug-likeness (QED) is 0.754. The van der Waals surface area contributed by atoms with Crippen molar-refractivity contribution in [2.24, 2.45) is 0 Å². The van der Waals surface area contributed by atoms with Crippen LogP contribution in [-0.2, 0) is 4.74 Å². The van der Waals surface area contributed by atoms with Crippen LogP contribution in [-0.4, -0.2) is 18.2 Å². The molecule has 0 unspecified atom stereocenters. The van der Waals surface area contributed by atoms with Gasteiger partial charge in [0, 0.05) is 5.02 Å². The number of hydrogen-bond acceptors (Lipinski definition) is 4. The molecule has 4 nitrogen and oxygen atoms in total. The summed E-state index contributed by atoms with van der Waals surface area (Å²) >= 11 is 5.77. The van der Waals surface area contributed by atoms with Crippen molar-refractivity contribution in [2.45, 2.75) is 0 Å². The summed E-state index contributed by atoms with van der Waals surface area (Å²) in [6, 6.07) is 7.01. The Hall–Kier alpha value is -1.81. The highest BCUT2D eigenvalue weighted by atomic mass is 35.5. The van der Waals surface area contributed by atoms with E-state index < -0.39 is 5.97 Å². The van der Waals surface area contributed by atoms with Gasteiger partial charge in [-0.25, -0.2) is 4.79 Å². The van der Waals surface area contributed by atoms with Gasteiger partial charge in [0.2, 0.25) is 0 Å². The van der Waals surface area contributed by atoms with E-state index >= 15 is 0 Å². The van der Waals surface area contributed by atoms with E-state index in [0.29, 0.717) is 10.6 Å². The van der Waals surface area contributed by atoms with Gasteiger partial charge in [-0.15, -0.1) is 0 Å². The lowest BCUT2D eigenvalue weighted by molar-refractivity contribution is 0.0590. The second kappa shape index (κ2) is 4.37. The average Bonchev–Trinajstić information content (AvgIpc) is 2.78. The van der Waals surface area contributed by atoms with Crippen molar-refractivity contribution in [1.29, 1.82) is 0 Å². The van der Waals surface area contributed by atoms with Crippen molar-refractivity contribution in [2.75, 3.05) is 7.11 Å². The smallest absolute Gasteiger partial charge is 0.360 e. The number of ether oxygens (including phenoxy) is 1. The fourth-order valence-corrected chi connectivity index (χ4v) is 1.44. The van der Waals surface area contributed by atoms with Crippen molar-refractivity contribution in [3.05, 3.63) is 41.2 Å². The fraction of sp³-hybridized carbons (Fsp3) is 0.0909. The molecular formula is C11H8ClNO3. The maximum absolute atomic E-state index is 11.4. The summed E-state index contributed by atoms with van der Waals surface area (Å²) in [4.78, 5) is 11.4. The molecule has 0 fully saturated rings. The van der Waals surface area contributed by atoms with Gasteiger partial charge in [-0.2, -0.15) is 0 Å². The van der Waals surface area contributed by atoms with Gasteiger partial charge in [0.05, 0.1) is 12.7 Å². The van der Waals surface area contributed by atoms with Crippen LogP contribution in [0.2, 0.25) is 5.02 Å². The second-order valence-electron chi connectivity index (χ2n) is 3.08. The van der Waals surface area contributed by atoms with Crippen LogP contribution in [0, 0.1) is 0 Å². The van der Waals surface area contributed by atoms with Crippen LogP contribution >= 0.6 is 11.6 Å². The molecule has 5 heteroatoms. The molecule has 1 aromatic heterocycles. The number of carbonyl (C=O) groups is 1. The molecule has 82 valence electrons. The number of hydrogen-bond donors (Lipinski definition) is 0. The Morgan fingerprint density at radius 1 is 1.38 bits per heavy atom. The predicted octanol–water partition coefficient (Wildman–Crippen LogP) is 2.78. The maximum Gasteiger partial charge on any atom is 0.360 e. The summed E-state index contributed by atoms with van der Waals surface area (Å²) in [6.45, 7) is 0. The zero-order chi connectivity index (χ0) is 11.5. The molecule has 0 amide bonds. The number of carbonyl (C=O) groups excluding carboxylic acids is 1. The van der Waals surface area contributed by atoms with Crippen molar-refractivity contribution in [3.8, 4) is 11.1 Å². The Morgan fingerprint density at radius 3 is 2.69 bits per heavy atom. The van der Waals surface area contributed by atoms with E-state index in [1.54, 1.807) is 24.3 Å². The van der Waals surface area contributed by atoms with Gasteiger partial charge in [-0.3, -0.25) is 0 Å². The Kier molecular flexibility index (Phi) is 2.92. The number of benzene rings is 1. The number of aromatic nitrogens is 1. The Labute approximate surface area is 96.8 Å². The third kappa shape index (κ3) is 1.92. The second-order valence-corrected chi connectivity index (χ2v) is 3.51. The monoisotopic (exact) mass is 237 g/mol. The predicted molar refractivity (Wildman–Crippen MR) is 58.3 cm³/mol. The topological polar surface area (TPSA) is 52.3 Å². The SMILES string of the molecule is COC(=O)c1nocc1-c1ccc(Cl)cc1. The summed E-state index contributed by atoms with van der Waals surface area (Å²) in [5.41, 5.74) is 1.54. The van der Waals surface area contributed by atoms with Gasteiger partial charge in [-0.05, 0) is 17.7 Å². The molecule has 0 bridgehead atoms. The molecule has 0 radical (unpaired) electrons. The molecule has 1 aromatic carbocycles. The first-order valence-corrected chi connectivity index (χ1v) is 4.89. The minimum atomic E-state index is -0.529. The lowest BCUT2D eigenvalue weighted by Gasteiger charge is -1.99. The van der Waals surface area contributed by atoms with E-state index in [0.717, 1.165) is 5.56 Å². The van der Waals surface area contributed by atoms with Crippen molar-refractivity contribution in [3.63, 3.8) is 0 Å². The summed E-state index contributed by atoms with van der Waals surface area (Å²) in [7, 11) is 1.29. The minimum absolute atomic E-state index is 0.157. The van der Waals surface area contributed by atoms with E-state index in [1.807, 2.05) is 0 Å². The van der Waals surface area contributed by atoms with Crippen LogP contribution in [0.4, 0.5) is 0 Å². The summed E-state index contributed by atoms with van der Waals surface area (Å²) in [6.07, 6.45) is 1.40. The van der Waals surface area contributed by atoms with E-state index in [-0.39, 0.29) is 5.69 Å². The third-order valence-electron chi connectivity index (χ3n) is 2.10. The first-order chi connectivity index (χ1) is 7.72. The molecule has 2 aromatic rings. The number of methoxy groups -OCH3 is 1. The highest BCUT2D eigenvalue weighted by molar-refractivity contribution is 6.30. The van der Waals surface area contributed by atoms with E-state index in [1.165, 1.54) is 13.4 Å². The molecule has 0 aliphatic heterocycles. The molecule has 0 atom stereocenters. The number of nitrogens with zero attached hydrogens (tertiary/aromatic N) is 1. The Balaban J connectivity index is 2.44. The van der Waals surface area contributed by atoms with Gasteiger partial charge >= 0.3 is 5.97 Å². The van der Waals surface area contributed by atoms with Crippen LogP contribution in [0.25, 0.3) is 11.1 Å². The standard InChI is InChI=1S/C11H8ClNO3/c1-15-11(14)10-9(6-16-13-10)7-2-4-8(12)5-3-7/h2-6H,1H3. The highest BCUT2D eigenvalue weighted by Gasteiger charge is 2.17. The number of esters is 1. The molecule has 0 spiro atoms. The molecule has 0 aliphatic carbocycles. The van der Waals surface area contributed by atoms with Crippen LogP contribution in [0.3, 0.4) is 0 Å². The third-order valence-corrected chi connectivity index (χ3v) is 2.36. The van der Waals surface area contributed by atoms with E-state index in [9.17, 15) is 4.79 Å². The van der Waals surface area contributed by atoms with Gasteiger partial charge < -0.3 is 9.26 Å². The fourth-order valence-electron chi connectivity index (χ4n) is 1.31. The first kappa shape index (κ1) is 10.7. The van der Waals surface area contributed by atoms with Gasteiger partial charge in [0.25, 0.3) is 0 Å². The molecule has 0 saturated heterocycles. The minimum Gasteiger partial charge on any atom is -0.464 e. The molecular weight excluding hydrogens is 230 g/mol. The number of rotatable bonds is 2. The van der Waals surface area contributed by atoms with Crippen LogP contribution in [0.1, 0.15) is 10.5 Å².